The normalized spacial score (nSPS) is 13.4. The highest BCUT2D eigenvalue weighted by Crippen LogP contribution is 1.90. The molecule has 1 N–H and O–H groups in total. The zero-order valence-corrected chi connectivity index (χ0v) is 5.94. The molecule has 0 saturated carbocycles. The first-order valence-corrected chi connectivity index (χ1v) is 3.31. The van der Waals surface area contributed by atoms with Gasteiger partial charge < -0.3 is 5.11 Å². The van der Waals surface area contributed by atoms with Gasteiger partial charge in [0.05, 0.1) is 18.5 Å². The molecule has 1 atom stereocenters. The monoisotopic (exact) mass is 162 g/mol. The van der Waals surface area contributed by atoms with Crippen LogP contribution in [0.25, 0.3) is 0 Å². The molecule has 1 aromatic rings. The van der Waals surface area contributed by atoms with Crippen LogP contribution in [0, 0.1) is 0 Å². The molecule has 0 aliphatic rings. The summed E-state index contributed by atoms with van der Waals surface area (Å²) in [4.78, 5) is 0. The minimum absolute atomic E-state index is 0.194. The van der Waals surface area contributed by atoms with Gasteiger partial charge in [0.2, 0.25) is 0 Å². The Balaban J connectivity index is 2.40. The van der Waals surface area contributed by atoms with Gasteiger partial charge in [-0.3, -0.25) is 0 Å². The van der Waals surface area contributed by atoms with Crippen LogP contribution < -0.4 is 0 Å². The first-order valence-electron chi connectivity index (χ1n) is 2.77. The Labute approximate surface area is 62.6 Å². The van der Waals surface area contributed by atoms with Crippen molar-refractivity contribution in [2.45, 2.75) is 12.6 Å². The van der Waals surface area contributed by atoms with Crippen LogP contribution in [0.1, 0.15) is 0 Å². The molecule has 0 saturated heterocycles. The minimum Gasteiger partial charge on any atom is -0.390 e. The lowest BCUT2D eigenvalue weighted by molar-refractivity contribution is 0.170. The number of aromatic nitrogens is 4. The van der Waals surface area contributed by atoms with Crippen LogP contribution in [0.5, 0.6) is 0 Å². The van der Waals surface area contributed by atoms with Gasteiger partial charge in [-0.2, -0.15) is 0 Å². The van der Waals surface area contributed by atoms with Crippen LogP contribution in [-0.4, -0.2) is 37.3 Å². The lowest BCUT2D eigenvalue weighted by Crippen LogP contribution is -2.17. The van der Waals surface area contributed by atoms with Crippen molar-refractivity contribution in [3.05, 3.63) is 6.33 Å². The SMILES string of the molecule is OC(CCl)Cn1cnnn1. The Kier molecular flexibility index (Phi) is 2.58. The lowest BCUT2D eigenvalue weighted by atomic mass is 10.4. The van der Waals surface area contributed by atoms with Crippen molar-refractivity contribution in [3.8, 4) is 0 Å². The maximum absolute atomic E-state index is 8.98. The van der Waals surface area contributed by atoms with Crippen LogP contribution in [0.2, 0.25) is 0 Å². The molecular weight excluding hydrogens is 156 g/mol. The van der Waals surface area contributed by atoms with Crippen LogP contribution in [-0.2, 0) is 6.54 Å². The van der Waals surface area contributed by atoms with E-state index in [1.807, 2.05) is 0 Å². The van der Waals surface area contributed by atoms with Crippen LogP contribution in [0.4, 0.5) is 0 Å². The highest BCUT2D eigenvalue weighted by molar-refractivity contribution is 6.18. The molecular formula is C4H7ClN4O. The summed E-state index contributed by atoms with van der Waals surface area (Å²) in [6, 6.07) is 0. The standard InChI is InChI=1S/C4H7ClN4O/c5-1-4(10)2-9-3-6-7-8-9/h3-4,10H,1-2H2. The highest BCUT2D eigenvalue weighted by Gasteiger charge is 2.02. The maximum Gasteiger partial charge on any atom is 0.138 e. The summed E-state index contributed by atoms with van der Waals surface area (Å²) in [6.45, 7) is 0.344. The van der Waals surface area contributed by atoms with Crippen LogP contribution in [0.15, 0.2) is 6.33 Å². The number of hydrogen-bond donors (Lipinski definition) is 1. The maximum atomic E-state index is 8.98. The molecule has 6 heteroatoms. The fraction of sp³-hybridized carbons (Fsp3) is 0.750. The van der Waals surface area contributed by atoms with Crippen molar-refractivity contribution in [2.75, 3.05) is 5.88 Å². The predicted octanol–water partition coefficient (Wildman–Crippen LogP) is -0.727. The van der Waals surface area contributed by atoms with Gasteiger partial charge >= 0.3 is 0 Å². The Hall–Kier alpha value is -0.680. The van der Waals surface area contributed by atoms with E-state index < -0.39 is 6.10 Å². The largest absolute Gasteiger partial charge is 0.390 e. The van der Waals surface area contributed by atoms with Crippen molar-refractivity contribution in [1.82, 2.24) is 20.2 Å². The molecule has 1 rings (SSSR count). The van der Waals surface area contributed by atoms with E-state index in [9.17, 15) is 0 Å². The van der Waals surface area contributed by atoms with Crippen molar-refractivity contribution in [1.29, 1.82) is 0 Å². The van der Waals surface area contributed by atoms with Crippen LogP contribution in [0.3, 0.4) is 0 Å². The molecule has 0 bridgehead atoms. The summed E-state index contributed by atoms with van der Waals surface area (Å²) in [7, 11) is 0. The van der Waals surface area contributed by atoms with E-state index >= 15 is 0 Å². The predicted molar refractivity (Wildman–Crippen MR) is 34.5 cm³/mol. The van der Waals surface area contributed by atoms with Gasteiger partial charge in [-0.15, -0.1) is 16.7 Å². The summed E-state index contributed by atoms with van der Waals surface area (Å²) < 4.78 is 1.42. The molecule has 5 nitrogen and oxygen atoms in total. The van der Waals surface area contributed by atoms with Crippen molar-refractivity contribution in [2.24, 2.45) is 0 Å². The molecule has 0 aliphatic carbocycles. The second-order valence-electron chi connectivity index (χ2n) is 1.84. The molecule has 1 heterocycles. The van der Waals surface area contributed by atoms with Crippen molar-refractivity contribution >= 4 is 11.6 Å². The third kappa shape index (κ3) is 1.93. The number of aliphatic hydroxyl groups is 1. The van der Waals surface area contributed by atoms with E-state index in [0.29, 0.717) is 6.54 Å². The van der Waals surface area contributed by atoms with Crippen molar-refractivity contribution < 1.29 is 5.11 Å². The number of tetrazole rings is 1. The van der Waals surface area contributed by atoms with E-state index in [-0.39, 0.29) is 5.88 Å². The van der Waals surface area contributed by atoms with Gasteiger partial charge in [0.15, 0.2) is 0 Å². The Morgan fingerprint density at radius 1 is 1.70 bits per heavy atom. The molecule has 56 valence electrons. The second kappa shape index (κ2) is 3.48. The first kappa shape index (κ1) is 7.43. The lowest BCUT2D eigenvalue weighted by Gasteiger charge is -2.03. The molecule has 0 radical (unpaired) electrons. The van der Waals surface area contributed by atoms with E-state index in [2.05, 4.69) is 15.5 Å². The Morgan fingerprint density at radius 2 is 2.50 bits per heavy atom. The Morgan fingerprint density at radius 3 is 3.00 bits per heavy atom. The molecule has 10 heavy (non-hydrogen) atoms. The zero-order valence-electron chi connectivity index (χ0n) is 5.18. The molecule has 0 aliphatic heterocycles. The van der Waals surface area contributed by atoms with Gasteiger partial charge in [0, 0.05) is 0 Å². The highest BCUT2D eigenvalue weighted by atomic mass is 35.5. The number of hydrogen-bond acceptors (Lipinski definition) is 4. The number of aliphatic hydroxyl groups excluding tert-OH is 1. The van der Waals surface area contributed by atoms with E-state index in [4.69, 9.17) is 16.7 Å². The van der Waals surface area contributed by atoms with E-state index in [0.717, 1.165) is 0 Å². The first-order chi connectivity index (χ1) is 4.83. The summed E-state index contributed by atoms with van der Waals surface area (Å²) in [5.74, 6) is 0.194. The molecule has 0 spiro atoms. The number of nitrogens with zero attached hydrogens (tertiary/aromatic N) is 4. The summed E-state index contributed by atoms with van der Waals surface area (Å²) in [6.07, 6.45) is 0.848. The molecule has 0 amide bonds. The Bertz CT molecular complexity index is 177. The van der Waals surface area contributed by atoms with Gasteiger partial charge in [0.1, 0.15) is 6.33 Å². The van der Waals surface area contributed by atoms with Gasteiger partial charge in [-0.25, -0.2) is 4.68 Å². The van der Waals surface area contributed by atoms with Gasteiger partial charge in [-0.05, 0) is 10.4 Å². The molecule has 1 unspecified atom stereocenters. The van der Waals surface area contributed by atoms with Gasteiger partial charge in [0.25, 0.3) is 0 Å². The van der Waals surface area contributed by atoms with Gasteiger partial charge in [-0.1, -0.05) is 0 Å². The minimum atomic E-state index is -0.579. The average molecular weight is 163 g/mol. The number of alkyl halides is 1. The third-order valence-corrected chi connectivity index (χ3v) is 1.32. The quantitative estimate of drug-likeness (QED) is 0.596. The molecule has 1 aromatic heterocycles. The average Bonchev–Trinajstić information content (AvgIpc) is 2.40. The van der Waals surface area contributed by atoms with Crippen molar-refractivity contribution in [3.63, 3.8) is 0 Å². The molecule has 0 fully saturated rings. The van der Waals surface area contributed by atoms with Crippen LogP contribution >= 0.6 is 11.6 Å². The fourth-order valence-electron chi connectivity index (χ4n) is 0.529. The molecule has 0 aromatic carbocycles. The second-order valence-corrected chi connectivity index (χ2v) is 2.15. The number of rotatable bonds is 3. The summed E-state index contributed by atoms with van der Waals surface area (Å²) >= 11 is 5.34. The third-order valence-electron chi connectivity index (χ3n) is 0.967. The summed E-state index contributed by atoms with van der Waals surface area (Å²) in [5.41, 5.74) is 0. The zero-order chi connectivity index (χ0) is 7.40. The summed E-state index contributed by atoms with van der Waals surface area (Å²) in [5, 5.41) is 19.3. The topological polar surface area (TPSA) is 63.8 Å². The smallest absolute Gasteiger partial charge is 0.138 e. The van der Waals surface area contributed by atoms with E-state index in [1.54, 1.807) is 0 Å². The number of halogens is 1. The van der Waals surface area contributed by atoms with E-state index in [1.165, 1.54) is 11.0 Å². The fourth-order valence-corrected chi connectivity index (χ4v) is 0.626.